The van der Waals surface area contributed by atoms with Gasteiger partial charge in [-0.15, -0.1) is 10.2 Å². The normalized spacial score (nSPS) is 15.5. The Morgan fingerprint density at radius 3 is 2.53 bits per heavy atom. The third-order valence-corrected chi connectivity index (χ3v) is 4.93. The van der Waals surface area contributed by atoms with Crippen LogP contribution in [0, 0.1) is 0 Å². The van der Waals surface area contributed by atoms with Crippen LogP contribution in [0.25, 0.3) is 10.7 Å². The van der Waals surface area contributed by atoms with Gasteiger partial charge in [0, 0.05) is 20.1 Å². The first-order valence-electron chi connectivity index (χ1n) is 9.52. The van der Waals surface area contributed by atoms with Crippen LogP contribution in [0.15, 0.2) is 34.7 Å². The first kappa shape index (κ1) is 23.7. The number of ether oxygens (including phenoxy) is 1. The van der Waals surface area contributed by atoms with E-state index in [1.165, 1.54) is 43.8 Å². The van der Waals surface area contributed by atoms with Crippen LogP contribution in [-0.4, -0.2) is 59.3 Å². The topological polar surface area (TPSA) is 76.4 Å². The van der Waals surface area contributed by atoms with E-state index in [0.717, 1.165) is 36.7 Å². The van der Waals surface area contributed by atoms with Crippen LogP contribution in [0.2, 0.25) is 0 Å². The molecule has 3 rings (SSSR count). The Labute approximate surface area is 177 Å². The van der Waals surface area contributed by atoms with E-state index < -0.39 is 11.9 Å². The van der Waals surface area contributed by atoms with Crippen molar-refractivity contribution in [1.82, 2.24) is 20.2 Å². The Morgan fingerprint density at radius 2 is 2.00 bits per heavy atom. The highest BCUT2D eigenvalue weighted by molar-refractivity contribution is 7.12. The number of halogens is 3. The molecule has 7 nitrogen and oxygen atoms in total. The fourth-order valence-electron chi connectivity index (χ4n) is 2.86. The lowest BCUT2D eigenvalue weighted by atomic mass is 10.1. The van der Waals surface area contributed by atoms with Gasteiger partial charge in [-0.05, 0) is 31.8 Å². The summed E-state index contributed by atoms with van der Waals surface area (Å²) in [5.41, 5.74) is 1.55. The molecule has 11 heteroatoms. The van der Waals surface area contributed by atoms with Crippen molar-refractivity contribution in [2.45, 2.75) is 38.8 Å². The Morgan fingerprint density at radius 1 is 1.27 bits per heavy atom. The maximum atomic E-state index is 12.2. The third kappa shape index (κ3) is 6.75. The molecule has 0 N–H and O–H groups in total. The number of hydrogen-bond donors (Lipinski definition) is 0. The lowest BCUT2D eigenvalue weighted by Gasteiger charge is -2.27. The summed E-state index contributed by atoms with van der Waals surface area (Å²) < 4.78 is 41.3. The maximum Gasteiger partial charge on any atom is 0.436 e. The van der Waals surface area contributed by atoms with Crippen molar-refractivity contribution in [2.24, 2.45) is 4.99 Å². The molecule has 0 amide bonds. The van der Waals surface area contributed by atoms with Gasteiger partial charge in [0.25, 0.3) is 0 Å². The molecular formula is C19H25F3N6OS. The molecule has 0 saturated carbocycles. The molecule has 164 valence electrons. The molecule has 30 heavy (non-hydrogen) atoms. The van der Waals surface area contributed by atoms with Crippen LogP contribution < -0.4 is 4.90 Å². The molecule has 0 atom stereocenters. The molecule has 0 spiro atoms. The Balaban J connectivity index is 0.000000224. The molecule has 1 saturated heterocycles. The van der Waals surface area contributed by atoms with E-state index in [1.54, 1.807) is 18.6 Å². The summed E-state index contributed by atoms with van der Waals surface area (Å²) in [5.74, 6) is 0.731. The van der Waals surface area contributed by atoms with E-state index in [-0.39, 0.29) is 5.76 Å². The third-order valence-electron chi connectivity index (χ3n) is 4.22. The van der Waals surface area contributed by atoms with Gasteiger partial charge >= 0.3 is 6.18 Å². The van der Waals surface area contributed by atoms with Crippen molar-refractivity contribution in [3.63, 3.8) is 0 Å². The van der Waals surface area contributed by atoms with Crippen LogP contribution >= 0.6 is 11.3 Å². The molecule has 0 unspecified atom stereocenters. The number of anilines is 1. The van der Waals surface area contributed by atoms with Gasteiger partial charge in [-0.2, -0.15) is 13.2 Å². The summed E-state index contributed by atoms with van der Waals surface area (Å²) >= 11 is 1.49. The van der Waals surface area contributed by atoms with Gasteiger partial charge in [0.1, 0.15) is 22.8 Å². The van der Waals surface area contributed by atoms with Gasteiger partial charge in [-0.3, -0.25) is 9.98 Å². The number of nitrogens with zero attached hydrogens (tertiary/aromatic N) is 6. The highest BCUT2D eigenvalue weighted by Crippen LogP contribution is 2.23. The minimum atomic E-state index is -4.45. The second kappa shape index (κ2) is 11.6. The molecule has 1 aliphatic heterocycles. The zero-order valence-corrected chi connectivity index (χ0v) is 18.0. The van der Waals surface area contributed by atoms with Crippen LogP contribution in [0.3, 0.4) is 0 Å². The second-order valence-electron chi connectivity index (χ2n) is 6.30. The smallest absolute Gasteiger partial charge is 0.436 e. The lowest BCUT2D eigenvalue weighted by Crippen LogP contribution is -2.30. The van der Waals surface area contributed by atoms with Crippen molar-refractivity contribution in [1.29, 1.82) is 0 Å². The molecule has 1 aliphatic rings. The number of alkyl halides is 3. The molecule has 0 aliphatic carbocycles. The number of rotatable bonds is 5. The molecule has 0 bridgehead atoms. The average Bonchev–Trinajstić information content (AvgIpc) is 3.29. The SMILES string of the molecule is CC/C=C(/OC)C(=NC)C(F)(F)F.c1nnc(-c2cncc(N3CCCCC3)n2)s1. The van der Waals surface area contributed by atoms with Crippen molar-refractivity contribution in [3.05, 3.63) is 29.7 Å². The standard InChI is InChI=1S/C11H13N5S.C8H12F3NO/c1-2-4-16(5-3-1)10-7-12-6-9(14-10)11-15-13-8-17-11;1-4-5-6(13-3)7(12-2)8(9,10)11/h6-8H,1-5H2;5H,4H2,1-3H3/b;6-5+,12-7?. The average molecular weight is 443 g/mol. The zero-order valence-electron chi connectivity index (χ0n) is 17.2. The summed E-state index contributed by atoms with van der Waals surface area (Å²) in [4.78, 5) is 14.3. The van der Waals surface area contributed by atoms with Crippen molar-refractivity contribution in [3.8, 4) is 10.7 Å². The summed E-state index contributed by atoms with van der Waals surface area (Å²) in [7, 11) is 2.28. The molecule has 2 aromatic heterocycles. The van der Waals surface area contributed by atoms with E-state index >= 15 is 0 Å². The number of aromatic nitrogens is 4. The highest BCUT2D eigenvalue weighted by Gasteiger charge is 2.38. The summed E-state index contributed by atoms with van der Waals surface area (Å²) in [6, 6.07) is 0. The van der Waals surface area contributed by atoms with E-state index in [9.17, 15) is 13.2 Å². The number of aliphatic imine (C=N–C) groups is 1. The fraction of sp³-hybridized carbons (Fsp3) is 0.526. The summed E-state index contributed by atoms with van der Waals surface area (Å²) in [6.45, 7) is 3.88. The number of piperidine rings is 1. The number of methoxy groups -OCH3 is 1. The number of allylic oxidation sites excluding steroid dienone is 2. The van der Waals surface area contributed by atoms with Crippen LogP contribution in [-0.2, 0) is 4.74 Å². The molecule has 1 fully saturated rings. The van der Waals surface area contributed by atoms with E-state index in [0.29, 0.717) is 6.42 Å². The molecule has 0 radical (unpaired) electrons. The predicted octanol–water partition coefficient (Wildman–Crippen LogP) is 4.55. The minimum absolute atomic E-state index is 0.225. The van der Waals surface area contributed by atoms with Gasteiger partial charge in [0.15, 0.2) is 10.7 Å². The first-order chi connectivity index (χ1) is 14.4. The van der Waals surface area contributed by atoms with Gasteiger partial charge < -0.3 is 9.64 Å². The molecule has 2 aromatic rings. The minimum Gasteiger partial charge on any atom is -0.495 e. The lowest BCUT2D eigenvalue weighted by molar-refractivity contribution is -0.0603. The van der Waals surface area contributed by atoms with Gasteiger partial charge in [0.05, 0.1) is 19.5 Å². The quantitative estimate of drug-likeness (QED) is 0.500. The van der Waals surface area contributed by atoms with Crippen LogP contribution in [0.5, 0.6) is 0 Å². The predicted molar refractivity (Wildman–Crippen MR) is 112 cm³/mol. The van der Waals surface area contributed by atoms with Crippen LogP contribution in [0.1, 0.15) is 32.6 Å². The van der Waals surface area contributed by atoms with Crippen molar-refractivity contribution >= 4 is 22.9 Å². The second-order valence-corrected chi connectivity index (χ2v) is 7.14. The molecule has 0 aromatic carbocycles. The van der Waals surface area contributed by atoms with Crippen molar-refractivity contribution < 1.29 is 17.9 Å². The van der Waals surface area contributed by atoms with Crippen molar-refractivity contribution in [2.75, 3.05) is 32.1 Å². The first-order valence-corrected chi connectivity index (χ1v) is 10.4. The Bertz CT molecular complexity index is 833. The molecule has 3 heterocycles. The summed E-state index contributed by atoms with van der Waals surface area (Å²) in [5, 5.41) is 8.68. The van der Waals surface area contributed by atoms with E-state index in [1.807, 2.05) is 6.20 Å². The Hall–Kier alpha value is -2.56. The zero-order chi connectivity index (χ0) is 22.0. The van der Waals surface area contributed by atoms with E-state index in [4.69, 9.17) is 0 Å². The fourth-order valence-corrected chi connectivity index (χ4v) is 3.37. The largest absolute Gasteiger partial charge is 0.495 e. The van der Waals surface area contributed by atoms with Gasteiger partial charge in [-0.25, -0.2) is 4.98 Å². The van der Waals surface area contributed by atoms with Gasteiger partial charge in [0.2, 0.25) is 0 Å². The van der Waals surface area contributed by atoms with E-state index in [2.05, 4.69) is 34.8 Å². The highest BCUT2D eigenvalue weighted by atomic mass is 32.1. The Kier molecular flexibility index (Phi) is 9.15. The number of hydrogen-bond acceptors (Lipinski definition) is 8. The van der Waals surface area contributed by atoms with Crippen LogP contribution in [0.4, 0.5) is 19.0 Å². The monoisotopic (exact) mass is 442 g/mol. The maximum absolute atomic E-state index is 12.2. The summed E-state index contributed by atoms with van der Waals surface area (Å²) in [6.07, 6.45) is 4.74. The molecular weight excluding hydrogens is 417 g/mol. The van der Waals surface area contributed by atoms with Gasteiger partial charge in [-0.1, -0.05) is 18.3 Å².